The Labute approximate surface area is 170 Å². The number of rotatable bonds is 4. The van der Waals surface area contributed by atoms with Crippen LogP contribution in [0, 0.1) is 5.41 Å². The normalized spacial score (nSPS) is 22.9. The van der Waals surface area contributed by atoms with Crippen molar-refractivity contribution in [2.24, 2.45) is 5.41 Å². The number of carbonyl (C=O) groups excluding carboxylic acids is 3. The van der Waals surface area contributed by atoms with Crippen LogP contribution in [-0.2, 0) is 15.1 Å². The predicted octanol–water partition coefficient (Wildman–Crippen LogP) is 4.18. The van der Waals surface area contributed by atoms with Gasteiger partial charge >= 0.3 is 6.03 Å². The van der Waals surface area contributed by atoms with Crippen molar-refractivity contribution in [1.29, 1.82) is 0 Å². The maximum Gasteiger partial charge on any atom is 0.319 e. The summed E-state index contributed by atoms with van der Waals surface area (Å²) in [6.07, 6.45) is 2.16. The van der Waals surface area contributed by atoms with Crippen LogP contribution in [0.5, 0.6) is 0 Å². The lowest BCUT2D eigenvalue weighted by atomic mass is 9.96. The second-order valence-corrected chi connectivity index (χ2v) is 8.44. The van der Waals surface area contributed by atoms with E-state index in [1.165, 1.54) is 4.90 Å². The minimum atomic E-state index is -0.408. The maximum atomic E-state index is 12.8. The molecule has 6 nitrogen and oxygen atoms in total. The summed E-state index contributed by atoms with van der Waals surface area (Å²) in [7, 11) is 0. The summed E-state index contributed by atoms with van der Waals surface area (Å²) in [5.74, 6) is -0.406. The van der Waals surface area contributed by atoms with Gasteiger partial charge in [0, 0.05) is 18.5 Å². The molecule has 0 spiro atoms. The monoisotopic (exact) mass is 391 g/mol. The van der Waals surface area contributed by atoms with Crippen molar-refractivity contribution in [1.82, 2.24) is 5.32 Å². The average Bonchev–Trinajstić information content (AvgIpc) is 3.24. The molecule has 1 saturated heterocycles. The van der Waals surface area contributed by atoms with Crippen LogP contribution in [0.15, 0.2) is 54.6 Å². The van der Waals surface area contributed by atoms with Crippen LogP contribution in [0.4, 0.5) is 16.2 Å². The Morgan fingerprint density at radius 3 is 2.24 bits per heavy atom. The largest absolute Gasteiger partial charge is 0.328 e. The van der Waals surface area contributed by atoms with E-state index >= 15 is 0 Å². The highest BCUT2D eigenvalue weighted by Crippen LogP contribution is 2.62. The lowest BCUT2D eigenvalue weighted by Crippen LogP contribution is -2.41. The number of nitrogens with one attached hydrogen (secondary N) is 2. The second-order valence-electron chi connectivity index (χ2n) is 8.44. The third-order valence-electron chi connectivity index (χ3n) is 5.97. The van der Waals surface area contributed by atoms with E-state index in [0.29, 0.717) is 30.6 Å². The summed E-state index contributed by atoms with van der Waals surface area (Å²) in [6, 6.07) is 16.5. The van der Waals surface area contributed by atoms with Crippen molar-refractivity contribution in [2.75, 3.05) is 10.2 Å². The summed E-state index contributed by atoms with van der Waals surface area (Å²) in [5.41, 5.74) is 1.66. The molecule has 150 valence electrons. The van der Waals surface area contributed by atoms with E-state index in [2.05, 4.69) is 24.5 Å². The smallest absolute Gasteiger partial charge is 0.319 e. The fourth-order valence-corrected chi connectivity index (χ4v) is 4.24. The minimum Gasteiger partial charge on any atom is -0.328 e. The third kappa shape index (κ3) is 3.50. The lowest BCUT2D eigenvalue weighted by molar-refractivity contribution is -0.129. The lowest BCUT2D eigenvalue weighted by Gasteiger charge is -2.26. The number of nitrogens with zero attached hydrogens (tertiary/aromatic N) is 1. The van der Waals surface area contributed by atoms with Gasteiger partial charge in [0.1, 0.15) is 0 Å². The van der Waals surface area contributed by atoms with Gasteiger partial charge in [0.2, 0.25) is 11.8 Å². The summed E-state index contributed by atoms with van der Waals surface area (Å²) in [4.78, 5) is 38.3. The number of benzene rings is 2. The van der Waals surface area contributed by atoms with Gasteiger partial charge in [-0.3, -0.25) is 14.5 Å². The molecule has 4 amide bonds. The Bertz CT molecular complexity index is 954. The molecule has 2 aromatic rings. The van der Waals surface area contributed by atoms with Gasteiger partial charge in [-0.2, -0.15) is 0 Å². The van der Waals surface area contributed by atoms with Crippen LogP contribution in [0.2, 0.25) is 0 Å². The highest BCUT2D eigenvalue weighted by Gasteiger charge is 2.63. The van der Waals surface area contributed by atoms with Gasteiger partial charge in [0.15, 0.2) is 0 Å². The van der Waals surface area contributed by atoms with Crippen molar-refractivity contribution >= 4 is 29.2 Å². The Balaban J connectivity index is 1.51. The first-order valence-electron chi connectivity index (χ1n) is 9.93. The number of carbonyl (C=O) groups is 3. The van der Waals surface area contributed by atoms with Gasteiger partial charge in [-0.25, -0.2) is 4.79 Å². The number of hydrogen-bond donors (Lipinski definition) is 2. The number of piperidine rings is 1. The number of hydrogen-bond acceptors (Lipinski definition) is 3. The first kappa shape index (κ1) is 19.2. The number of amides is 4. The Morgan fingerprint density at radius 2 is 1.62 bits per heavy atom. The topological polar surface area (TPSA) is 78.5 Å². The van der Waals surface area contributed by atoms with Gasteiger partial charge in [0.05, 0.1) is 11.2 Å². The molecule has 6 heteroatoms. The van der Waals surface area contributed by atoms with Crippen molar-refractivity contribution in [2.45, 2.75) is 45.1 Å². The highest BCUT2D eigenvalue weighted by molar-refractivity contribution is 6.16. The highest BCUT2D eigenvalue weighted by atomic mass is 16.2. The quantitative estimate of drug-likeness (QED) is 0.768. The predicted molar refractivity (Wildman–Crippen MR) is 111 cm³/mol. The van der Waals surface area contributed by atoms with Gasteiger partial charge < -0.3 is 10.6 Å². The third-order valence-corrected chi connectivity index (χ3v) is 5.97. The zero-order valence-corrected chi connectivity index (χ0v) is 16.7. The Kier molecular flexibility index (Phi) is 4.65. The zero-order valence-electron chi connectivity index (χ0n) is 16.7. The summed E-state index contributed by atoms with van der Waals surface area (Å²) >= 11 is 0. The van der Waals surface area contributed by atoms with E-state index in [1.807, 2.05) is 30.3 Å². The van der Waals surface area contributed by atoms with Gasteiger partial charge in [-0.05, 0) is 42.0 Å². The molecule has 2 aromatic carbocycles. The zero-order chi connectivity index (χ0) is 20.6. The van der Waals surface area contributed by atoms with E-state index in [1.54, 1.807) is 24.3 Å². The van der Waals surface area contributed by atoms with Crippen LogP contribution >= 0.6 is 0 Å². The molecule has 1 aliphatic carbocycles. The molecular weight excluding hydrogens is 366 g/mol. The second kappa shape index (κ2) is 7.03. The summed E-state index contributed by atoms with van der Waals surface area (Å²) in [6.45, 7) is 4.27. The molecule has 4 rings (SSSR count). The molecule has 0 radical (unpaired) electrons. The van der Waals surface area contributed by atoms with Gasteiger partial charge in [0.25, 0.3) is 0 Å². The molecule has 0 aromatic heterocycles. The van der Waals surface area contributed by atoms with Crippen LogP contribution < -0.4 is 15.5 Å². The maximum absolute atomic E-state index is 12.8. The molecule has 2 fully saturated rings. The molecular formula is C23H25N3O3. The molecule has 2 N–H and O–H groups in total. The summed E-state index contributed by atoms with van der Waals surface area (Å²) in [5, 5.41) is 6.00. The molecule has 1 atom stereocenters. The molecule has 0 unspecified atom stereocenters. The van der Waals surface area contributed by atoms with Crippen molar-refractivity contribution < 1.29 is 14.4 Å². The molecule has 0 bridgehead atoms. The fraction of sp³-hybridized carbons (Fsp3) is 0.348. The van der Waals surface area contributed by atoms with Crippen LogP contribution in [0.1, 0.15) is 45.1 Å². The van der Waals surface area contributed by atoms with E-state index in [9.17, 15) is 14.4 Å². The average molecular weight is 391 g/mol. The van der Waals surface area contributed by atoms with E-state index < -0.39 is 5.54 Å². The number of anilines is 2. The van der Waals surface area contributed by atoms with Crippen LogP contribution in [-0.4, -0.2) is 17.8 Å². The van der Waals surface area contributed by atoms with Gasteiger partial charge in [-0.1, -0.05) is 50.2 Å². The molecule has 29 heavy (non-hydrogen) atoms. The van der Waals surface area contributed by atoms with E-state index in [4.69, 9.17) is 0 Å². The number of imide groups is 1. The van der Waals surface area contributed by atoms with Crippen molar-refractivity contribution in [3.05, 3.63) is 60.2 Å². The minimum absolute atomic E-state index is 0.0415. The van der Waals surface area contributed by atoms with E-state index in [-0.39, 0.29) is 23.3 Å². The fourth-order valence-electron chi connectivity index (χ4n) is 4.24. The van der Waals surface area contributed by atoms with Crippen LogP contribution in [0.3, 0.4) is 0 Å². The van der Waals surface area contributed by atoms with Crippen molar-refractivity contribution in [3.8, 4) is 0 Å². The number of urea groups is 1. The summed E-state index contributed by atoms with van der Waals surface area (Å²) < 4.78 is 0. The SMILES string of the molecule is CC1(C)C[C@@]1(NC(=O)Nc1cccc(N2C(=O)CCCC2=O)c1)c1ccccc1. The molecule has 1 heterocycles. The standard InChI is InChI=1S/C23H25N3O3/c1-22(2)15-23(22,16-8-4-3-5-9-16)25-21(29)24-17-10-6-11-18(14-17)26-19(27)12-7-13-20(26)28/h3-6,8-11,14H,7,12-13,15H2,1-2H3,(H2,24,25,29)/t23-/m1/s1. The van der Waals surface area contributed by atoms with Crippen molar-refractivity contribution in [3.63, 3.8) is 0 Å². The first-order chi connectivity index (χ1) is 13.8. The van der Waals surface area contributed by atoms with E-state index in [0.717, 1.165) is 12.0 Å². The molecule has 1 aliphatic heterocycles. The Morgan fingerprint density at radius 1 is 0.966 bits per heavy atom. The first-order valence-corrected chi connectivity index (χ1v) is 9.93. The Hall–Kier alpha value is -3.15. The van der Waals surface area contributed by atoms with Crippen LogP contribution in [0.25, 0.3) is 0 Å². The van der Waals surface area contributed by atoms with Gasteiger partial charge in [-0.15, -0.1) is 0 Å². The molecule has 2 aliphatic rings. The molecule has 1 saturated carbocycles.